The van der Waals surface area contributed by atoms with E-state index in [9.17, 15) is 0 Å². The van der Waals surface area contributed by atoms with Gasteiger partial charge in [-0.3, -0.25) is 0 Å². The smallest absolute Gasteiger partial charge is 0.0747 e. The second-order valence-electron chi connectivity index (χ2n) is 5.96. The number of hydrogen-bond acceptors (Lipinski definition) is 2. The minimum Gasteiger partial charge on any atom is -0.379 e. The van der Waals surface area contributed by atoms with Gasteiger partial charge >= 0.3 is 0 Å². The molecule has 0 atom stereocenters. The van der Waals surface area contributed by atoms with Crippen LogP contribution in [-0.2, 0) is 16.1 Å². The van der Waals surface area contributed by atoms with Crippen molar-refractivity contribution in [2.45, 2.75) is 52.6 Å². The molecule has 2 nitrogen and oxygen atoms in total. The second-order valence-corrected chi connectivity index (χ2v) is 6.78. The molecule has 0 fully saturated rings. The van der Waals surface area contributed by atoms with Crippen LogP contribution in [-0.4, -0.2) is 19.8 Å². The molecule has 0 saturated carbocycles. The molecule has 0 saturated heterocycles. The Balaban J connectivity index is 1.94. The van der Waals surface area contributed by atoms with Crippen LogP contribution in [0.25, 0.3) is 0 Å². The largest absolute Gasteiger partial charge is 0.379 e. The molecule has 0 N–H and O–H groups in total. The Morgan fingerprint density at radius 1 is 0.864 bits per heavy atom. The van der Waals surface area contributed by atoms with Crippen molar-refractivity contribution in [3.05, 3.63) is 33.8 Å². The van der Waals surface area contributed by atoms with Crippen LogP contribution in [0.2, 0.25) is 10.0 Å². The van der Waals surface area contributed by atoms with Gasteiger partial charge < -0.3 is 9.47 Å². The van der Waals surface area contributed by atoms with E-state index in [1.807, 2.05) is 18.2 Å². The predicted molar refractivity (Wildman–Crippen MR) is 94.9 cm³/mol. The lowest BCUT2D eigenvalue weighted by atomic mass is 10.0. The first kappa shape index (κ1) is 19.8. The third-order valence-corrected chi connectivity index (χ3v) is 4.21. The molecule has 0 amide bonds. The number of hydrogen-bond donors (Lipinski definition) is 0. The van der Waals surface area contributed by atoms with Gasteiger partial charge in [0.25, 0.3) is 0 Å². The molecule has 0 aromatic heterocycles. The van der Waals surface area contributed by atoms with Crippen LogP contribution in [0, 0.1) is 5.92 Å². The van der Waals surface area contributed by atoms with Crippen LogP contribution in [0.5, 0.6) is 0 Å². The van der Waals surface area contributed by atoms with E-state index in [0.29, 0.717) is 29.9 Å². The molecule has 0 spiro atoms. The fraction of sp³-hybridized carbons (Fsp3) is 0.667. The molecule has 0 aliphatic rings. The fourth-order valence-electron chi connectivity index (χ4n) is 2.17. The zero-order chi connectivity index (χ0) is 16.2. The Labute approximate surface area is 145 Å². The third kappa shape index (κ3) is 8.99. The van der Waals surface area contributed by atoms with E-state index in [4.69, 9.17) is 32.7 Å². The molecular weight excluding hydrogens is 319 g/mol. The quantitative estimate of drug-likeness (QED) is 0.423. The zero-order valence-electron chi connectivity index (χ0n) is 13.7. The summed E-state index contributed by atoms with van der Waals surface area (Å²) in [5.41, 5.74) is 0.844. The first-order valence-electron chi connectivity index (χ1n) is 8.19. The molecule has 0 bridgehead atoms. The lowest BCUT2D eigenvalue weighted by Gasteiger charge is -2.09. The molecule has 0 heterocycles. The summed E-state index contributed by atoms with van der Waals surface area (Å²) in [5.74, 6) is 0.819. The molecule has 0 aliphatic heterocycles. The van der Waals surface area contributed by atoms with Crippen LogP contribution in [0.4, 0.5) is 0 Å². The van der Waals surface area contributed by atoms with Gasteiger partial charge in [-0.15, -0.1) is 0 Å². The number of ether oxygens (including phenoxy) is 2. The van der Waals surface area contributed by atoms with Crippen LogP contribution < -0.4 is 0 Å². The van der Waals surface area contributed by atoms with Crippen molar-refractivity contribution in [1.82, 2.24) is 0 Å². The highest BCUT2D eigenvalue weighted by Crippen LogP contribution is 2.24. The molecule has 1 rings (SSSR count). The van der Waals surface area contributed by atoms with Gasteiger partial charge in [0, 0.05) is 22.2 Å². The molecular formula is C18H28Cl2O2. The van der Waals surface area contributed by atoms with Gasteiger partial charge in [0.2, 0.25) is 0 Å². The molecule has 1 aromatic rings. The maximum Gasteiger partial charge on any atom is 0.0747 e. The average molecular weight is 347 g/mol. The van der Waals surface area contributed by atoms with Gasteiger partial charge in [-0.05, 0) is 24.5 Å². The number of benzene rings is 1. The van der Waals surface area contributed by atoms with Crippen molar-refractivity contribution in [2.24, 2.45) is 5.92 Å². The lowest BCUT2D eigenvalue weighted by Crippen LogP contribution is -2.06. The summed E-state index contributed by atoms with van der Waals surface area (Å²) in [7, 11) is 0. The van der Waals surface area contributed by atoms with E-state index < -0.39 is 0 Å². The molecule has 126 valence electrons. The Bertz CT molecular complexity index is 388. The first-order valence-corrected chi connectivity index (χ1v) is 8.95. The van der Waals surface area contributed by atoms with Gasteiger partial charge in [-0.1, -0.05) is 68.8 Å². The van der Waals surface area contributed by atoms with Gasteiger partial charge in [0.15, 0.2) is 0 Å². The average Bonchev–Trinajstić information content (AvgIpc) is 2.47. The molecule has 1 aromatic carbocycles. The summed E-state index contributed by atoms with van der Waals surface area (Å²) >= 11 is 12.2. The number of rotatable bonds is 12. The van der Waals surface area contributed by atoms with Crippen molar-refractivity contribution in [1.29, 1.82) is 0 Å². The summed E-state index contributed by atoms with van der Waals surface area (Å²) in [4.78, 5) is 0. The summed E-state index contributed by atoms with van der Waals surface area (Å²) in [6, 6.07) is 5.47. The summed E-state index contributed by atoms with van der Waals surface area (Å²) in [6.07, 6.45) is 6.36. The van der Waals surface area contributed by atoms with Crippen LogP contribution in [0.3, 0.4) is 0 Å². The highest BCUT2D eigenvalue weighted by molar-refractivity contribution is 6.35. The van der Waals surface area contributed by atoms with Crippen molar-refractivity contribution in [3.63, 3.8) is 0 Å². The molecule has 4 heteroatoms. The lowest BCUT2D eigenvalue weighted by molar-refractivity contribution is 0.0393. The Hall–Kier alpha value is -0.280. The number of halogens is 2. The van der Waals surface area contributed by atoms with E-state index in [0.717, 1.165) is 24.5 Å². The van der Waals surface area contributed by atoms with Crippen molar-refractivity contribution in [2.75, 3.05) is 19.8 Å². The normalized spacial score (nSPS) is 11.3. The van der Waals surface area contributed by atoms with Crippen molar-refractivity contribution < 1.29 is 9.47 Å². The minimum absolute atomic E-state index is 0.428. The second kappa shape index (κ2) is 12.2. The predicted octanol–water partition coefficient (Wildman–Crippen LogP) is 6.13. The molecule has 0 unspecified atom stereocenters. The number of unbranched alkanes of at least 4 members (excludes halogenated alkanes) is 3. The molecule has 0 aliphatic carbocycles. The topological polar surface area (TPSA) is 18.5 Å². The van der Waals surface area contributed by atoms with Crippen molar-refractivity contribution in [3.8, 4) is 0 Å². The van der Waals surface area contributed by atoms with Gasteiger partial charge in [-0.25, -0.2) is 0 Å². The maximum atomic E-state index is 6.08. The Morgan fingerprint density at radius 3 is 2.18 bits per heavy atom. The highest BCUT2D eigenvalue weighted by Gasteiger charge is 2.04. The summed E-state index contributed by atoms with van der Waals surface area (Å²) in [6.45, 7) is 6.98. The minimum atomic E-state index is 0.428. The van der Waals surface area contributed by atoms with E-state index in [-0.39, 0.29) is 0 Å². The van der Waals surface area contributed by atoms with E-state index in [1.54, 1.807) is 0 Å². The molecule has 22 heavy (non-hydrogen) atoms. The van der Waals surface area contributed by atoms with Crippen molar-refractivity contribution >= 4 is 23.2 Å². The fourth-order valence-corrected chi connectivity index (χ4v) is 2.68. The van der Waals surface area contributed by atoms with Crippen LogP contribution >= 0.6 is 23.2 Å². The first-order chi connectivity index (χ1) is 10.6. The Morgan fingerprint density at radius 2 is 1.50 bits per heavy atom. The third-order valence-electron chi connectivity index (χ3n) is 3.50. The summed E-state index contributed by atoms with van der Waals surface area (Å²) < 4.78 is 11.1. The Kier molecular flexibility index (Phi) is 10.9. The van der Waals surface area contributed by atoms with Crippen LogP contribution in [0.15, 0.2) is 18.2 Å². The van der Waals surface area contributed by atoms with Gasteiger partial charge in [-0.2, -0.15) is 0 Å². The van der Waals surface area contributed by atoms with E-state index in [2.05, 4.69) is 13.8 Å². The highest BCUT2D eigenvalue weighted by atomic mass is 35.5. The zero-order valence-corrected chi connectivity index (χ0v) is 15.3. The van der Waals surface area contributed by atoms with E-state index >= 15 is 0 Å². The molecule has 0 radical (unpaired) electrons. The van der Waals surface area contributed by atoms with E-state index in [1.165, 1.54) is 25.7 Å². The SMILES string of the molecule is CC(C)CCCCCCOCCOCc1c(Cl)cccc1Cl. The van der Waals surface area contributed by atoms with Gasteiger partial charge in [0.1, 0.15) is 0 Å². The summed E-state index contributed by atoms with van der Waals surface area (Å²) in [5, 5.41) is 1.30. The monoisotopic (exact) mass is 346 g/mol. The van der Waals surface area contributed by atoms with Gasteiger partial charge in [0.05, 0.1) is 19.8 Å². The standard InChI is InChI=1S/C18H28Cl2O2/c1-15(2)8-5-3-4-6-11-21-12-13-22-14-16-17(19)9-7-10-18(16)20/h7,9-10,15H,3-6,8,11-14H2,1-2H3. The maximum absolute atomic E-state index is 6.08. The van der Waals surface area contributed by atoms with Crippen LogP contribution in [0.1, 0.15) is 51.5 Å².